The summed E-state index contributed by atoms with van der Waals surface area (Å²) in [6.45, 7) is 7.02. The topological polar surface area (TPSA) is 108 Å². The van der Waals surface area contributed by atoms with Gasteiger partial charge < -0.3 is 25.0 Å². The highest BCUT2D eigenvalue weighted by Crippen LogP contribution is 2.33. The van der Waals surface area contributed by atoms with E-state index in [1.165, 1.54) is 76.0 Å². The van der Waals surface area contributed by atoms with Crippen molar-refractivity contribution in [1.82, 2.24) is 10.2 Å². The van der Waals surface area contributed by atoms with Crippen molar-refractivity contribution < 1.29 is 29.3 Å². The van der Waals surface area contributed by atoms with Gasteiger partial charge in [-0.1, -0.05) is 97.3 Å². The summed E-state index contributed by atoms with van der Waals surface area (Å²) in [6, 6.07) is -1.01. The smallest absolute Gasteiger partial charge is 0.306 e. The lowest BCUT2D eigenvalue weighted by Gasteiger charge is -2.45. The molecule has 0 aliphatic carbocycles. The van der Waals surface area contributed by atoms with E-state index < -0.39 is 47.2 Å². The van der Waals surface area contributed by atoms with Crippen molar-refractivity contribution in [1.29, 1.82) is 0 Å². The first kappa shape index (κ1) is 39.6. The molecule has 1 amide bonds. The van der Waals surface area contributed by atoms with Crippen molar-refractivity contribution in [2.45, 2.75) is 177 Å². The summed E-state index contributed by atoms with van der Waals surface area (Å²) < 4.78 is 11.8. The third-order valence-corrected chi connectivity index (χ3v) is 10.5. The third kappa shape index (κ3) is 13.3. The zero-order chi connectivity index (χ0) is 32.5. The maximum atomic E-state index is 13.4. The Morgan fingerprint density at radius 2 is 1.52 bits per heavy atom. The minimum absolute atomic E-state index is 0.151. The first-order valence-electron chi connectivity index (χ1n) is 17.5. The van der Waals surface area contributed by atoms with Crippen molar-refractivity contribution in [2.24, 2.45) is 5.92 Å². The molecule has 0 radical (unpaired) electrons. The summed E-state index contributed by atoms with van der Waals surface area (Å²) in [7, 11) is 1.96. The molecular weight excluding hydrogens is 600 g/mol. The molecule has 2 fully saturated rings. The van der Waals surface area contributed by atoms with Crippen LogP contribution in [0.25, 0.3) is 0 Å². The lowest BCUT2D eigenvalue weighted by molar-refractivity contribution is -0.220. The van der Waals surface area contributed by atoms with Crippen LogP contribution in [-0.4, -0.2) is 94.2 Å². The molecule has 0 spiro atoms. The van der Waals surface area contributed by atoms with Crippen LogP contribution in [0.1, 0.15) is 130 Å². The van der Waals surface area contributed by atoms with Crippen molar-refractivity contribution in [2.75, 3.05) is 19.8 Å². The number of carbonyl (C=O) groups excluding carboxylic acids is 2. The Hall–Kier alpha value is -0.580. The average Bonchev–Trinajstić information content (AvgIpc) is 3.36. The lowest BCUT2D eigenvalue weighted by atomic mass is 9.92. The number of alkyl halides is 1. The molecule has 0 aromatic carbocycles. The molecular formula is C34H63ClN2O6S. The van der Waals surface area contributed by atoms with E-state index in [4.69, 9.17) is 21.1 Å². The number of rotatable bonds is 22. The number of nitrogens with one attached hydrogen (secondary N) is 1. The first-order chi connectivity index (χ1) is 21.1. The number of aliphatic hydroxyl groups is 2. The summed E-state index contributed by atoms with van der Waals surface area (Å²) in [6.07, 6.45) is 16.2. The molecule has 2 saturated heterocycles. The van der Waals surface area contributed by atoms with Gasteiger partial charge in [0.15, 0.2) is 6.10 Å². The number of hydrogen-bond donors (Lipinski definition) is 3. The quantitative estimate of drug-likeness (QED) is 0.0693. The van der Waals surface area contributed by atoms with Crippen LogP contribution in [0.2, 0.25) is 0 Å². The highest BCUT2D eigenvalue weighted by molar-refractivity contribution is 7.99. The molecule has 44 heavy (non-hydrogen) atoms. The highest BCUT2D eigenvalue weighted by Gasteiger charge is 2.50. The maximum Gasteiger partial charge on any atom is 0.306 e. The fraction of sp³-hybridized carbons (Fsp3) is 0.941. The third-order valence-electron chi connectivity index (χ3n) is 9.36. The van der Waals surface area contributed by atoms with Crippen LogP contribution in [0.5, 0.6) is 0 Å². The van der Waals surface area contributed by atoms with Gasteiger partial charge in [0.2, 0.25) is 5.91 Å². The number of hydrogen-bond acceptors (Lipinski definition) is 8. The summed E-state index contributed by atoms with van der Waals surface area (Å²) in [5.41, 5.74) is -0.740. The largest absolute Gasteiger partial charge is 0.457 e. The summed E-state index contributed by atoms with van der Waals surface area (Å²) in [5.74, 6) is -0.119. The highest BCUT2D eigenvalue weighted by atomic mass is 35.5. The van der Waals surface area contributed by atoms with Gasteiger partial charge in [-0.15, -0.1) is 23.4 Å². The van der Waals surface area contributed by atoms with E-state index in [0.29, 0.717) is 12.3 Å². The Labute approximate surface area is 277 Å². The van der Waals surface area contributed by atoms with E-state index in [1.54, 1.807) is 13.2 Å². The average molecular weight is 663 g/mol. The number of carbonyl (C=O) groups is 2. The van der Waals surface area contributed by atoms with Crippen molar-refractivity contribution in [3.8, 4) is 0 Å². The van der Waals surface area contributed by atoms with Gasteiger partial charge in [-0.05, 0) is 45.4 Å². The second-order valence-electron chi connectivity index (χ2n) is 13.2. The molecule has 0 bridgehead atoms. The molecule has 258 valence electrons. The Balaban J connectivity index is 1.82. The number of esters is 1. The number of ether oxygens (including phenoxy) is 2. The van der Waals surface area contributed by atoms with E-state index >= 15 is 0 Å². The molecule has 2 heterocycles. The van der Waals surface area contributed by atoms with E-state index in [-0.39, 0.29) is 18.4 Å². The van der Waals surface area contributed by atoms with Crippen LogP contribution in [0, 0.1) is 5.92 Å². The van der Waals surface area contributed by atoms with Crippen LogP contribution in [0.3, 0.4) is 0 Å². The zero-order valence-electron chi connectivity index (χ0n) is 28.2. The predicted octanol–water partition coefficient (Wildman–Crippen LogP) is 6.42. The van der Waals surface area contributed by atoms with E-state index in [1.807, 2.05) is 7.05 Å². The zero-order valence-corrected chi connectivity index (χ0v) is 29.8. The molecule has 2 aliphatic heterocycles. The molecule has 2 aliphatic rings. The monoisotopic (exact) mass is 662 g/mol. The normalized spacial score (nSPS) is 29.0. The number of halogens is 1. The number of amides is 1. The lowest BCUT2D eigenvalue weighted by Crippen LogP contribution is -2.65. The number of likely N-dealkylation sites (N-methyl/N-ethyl adjacent to an activating group) is 1. The molecule has 10 heteroatoms. The second kappa shape index (κ2) is 22.1. The standard InChI is InChI=1S/C34H63ClN2O6S/c1-6-8-9-10-11-12-13-14-15-16-17-18-19-21-27(38)42-32-29(39)31(43-34(44-5)30(32)40)28(24(3)35)36-33(41)26-22-25(20-7-2)23-37(26)4/h24-26,28-32,34,39-40H,6-23H2,1-5H3,(H,36,41)/t24-,25+,26-,28+,29-,30+,31+,32-,34+/m0/s1. The van der Waals surface area contributed by atoms with Gasteiger partial charge in [0.05, 0.1) is 17.5 Å². The van der Waals surface area contributed by atoms with Gasteiger partial charge in [-0.25, -0.2) is 0 Å². The SMILES string of the molecule is CCCCCCCCCCCCCCCC(=O)O[C@H]1[C@@H](O)[C@@H]([C@H](NC(=O)[C@@H]2C[C@@H](CCC)CN2C)[C@H](C)Cl)O[C@H](SC)[C@@H]1O. The fourth-order valence-corrected chi connectivity index (χ4v) is 7.62. The van der Waals surface area contributed by atoms with Gasteiger partial charge in [0.1, 0.15) is 23.7 Å². The van der Waals surface area contributed by atoms with Gasteiger partial charge >= 0.3 is 5.97 Å². The van der Waals surface area contributed by atoms with Crippen molar-refractivity contribution in [3.05, 3.63) is 0 Å². The van der Waals surface area contributed by atoms with Gasteiger partial charge in [0.25, 0.3) is 0 Å². The number of thioether (sulfide) groups is 1. The molecule has 2 rings (SSSR count). The molecule has 3 N–H and O–H groups in total. The van der Waals surface area contributed by atoms with E-state index in [9.17, 15) is 19.8 Å². The summed E-state index contributed by atoms with van der Waals surface area (Å²) >= 11 is 7.83. The Morgan fingerprint density at radius 3 is 2.05 bits per heavy atom. The Kier molecular flexibility index (Phi) is 19.9. The van der Waals surface area contributed by atoms with Gasteiger partial charge in [0, 0.05) is 13.0 Å². The van der Waals surface area contributed by atoms with Crippen molar-refractivity contribution in [3.63, 3.8) is 0 Å². The van der Waals surface area contributed by atoms with Crippen molar-refractivity contribution >= 4 is 35.2 Å². The van der Waals surface area contributed by atoms with Crippen LogP contribution in [-0.2, 0) is 19.1 Å². The second-order valence-corrected chi connectivity index (χ2v) is 14.8. The van der Waals surface area contributed by atoms with Crippen LogP contribution in [0.4, 0.5) is 0 Å². The molecule has 0 unspecified atom stereocenters. The maximum absolute atomic E-state index is 13.4. The number of likely N-dealkylation sites (tertiary alicyclic amines) is 1. The van der Waals surface area contributed by atoms with Crippen LogP contribution in [0.15, 0.2) is 0 Å². The number of unbranched alkanes of at least 4 members (excludes halogenated alkanes) is 12. The minimum atomic E-state index is -1.34. The summed E-state index contributed by atoms with van der Waals surface area (Å²) in [4.78, 5) is 28.2. The molecule has 8 nitrogen and oxygen atoms in total. The van der Waals surface area contributed by atoms with Gasteiger partial charge in [-0.3, -0.25) is 14.5 Å². The number of nitrogens with zero attached hydrogens (tertiary/aromatic N) is 1. The minimum Gasteiger partial charge on any atom is -0.457 e. The molecule has 9 atom stereocenters. The van der Waals surface area contributed by atoms with E-state index in [2.05, 4.69) is 24.1 Å². The number of aliphatic hydroxyl groups excluding tert-OH is 2. The first-order valence-corrected chi connectivity index (χ1v) is 19.2. The van der Waals surface area contributed by atoms with Crippen LogP contribution < -0.4 is 5.32 Å². The van der Waals surface area contributed by atoms with Gasteiger partial charge in [-0.2, -0.15) is 0 Å². The summed E-state index contributed by atoms with van der Waals surface area (Å²) in [5, 5.41) is 24.7. The fourth-order valence-electron chi connectivity index (χ4n) is 6.74. The van der Waals surface area contributed by atoms with E-state index in [0.717, 1.165) is 38.6 Å². The molecule has 0 saturated carbocycles. The molecule has 0 aromatic rings. The van der Waals surface area contributed by atoms with Crippen LogP contribution >= 0.6 is 23.4 Å². The Bertz CT molecular complexity index is 808. The Morgan fingerprint density at radius 1 is 0.955 bits per heavy atom. The molecule has 0 aromatic heterocycles. The predicted molar refractivity (Wildman–Crippen MR) is 181 cm³/mol.